The maximum atomic E-state index is 12.6. The molecule has 19 heavy (non-hydrogen) atoms. The van der Waals surface area contributed by atoms with Gasteiger partial charge in [-0.2, -0.15) is 13.2 Å². The third-order valence-corrected chi connectivity index (χ3v) is 3.93. The SMILES string of the molecule is COCC1=C(c2sc(C(F)(F)F)nc2C(=O)O)CC1. The van der Waals surface area contributed by atoms with E-state index >= 15 is 0 Å². The van der Waals surface area contributed by atoms with Gasteiger partial charge in [0.2, 0.25) is 0 Å². The zero-order valence-corrected chi connectivity index (χ0v) is 10.7. The van der Waals surface area contributed by atoms with Gasteiger partial charge in [0, 0.05) is 7.11 Å². The Kier molecular flexibility index (Phi) is 3.64. The lowest BCUT2D eigenvalue weighted by Crippen LogP contribution is -2.10. The van der Waals surface area contributed by atoms with E-state index in [1.54, 1.807) is 0 Å². The Bertz CT molecular complexity index is 548. The van der Waals surface area contributed by atoms with E-state index in [4.69, 9.17) is 9.84 Å². The molecule has 1 heterocycles. The number of halogens is 3. The molecule has 0 bridgehead atoms. The lowest BCUT2D eigenvalue weighted by Gasteiger charge is -2.22. The summed E-state index contributed by atoms with van der Waals surface area (Å²) in [5, 5.41) is 7.82. The molecule has 0 fully saturated rings. The molecule has 0 saturated heterocycles. The van der Waals surface area contributed by atoms with Crippen molar-refractivity contribution >= 4 is 22.9 Å². The summed E-state index contributed by atoms with van der Waals surface area (Å²) in [6.07, 6.45) is -3.36. The van der Waals surface area contributed by atoms with Gasteiger partial charge in [0.25, 0.3) is 0 Å². The Morgan fingerprint density at radius 2 is 2.16 bits per heavy atom. The quantitative estimate of drug-likeness (QED) is 0.927. The van der Waals surface area contributed by atoms with Crippen molar-refractivity contribution in [3.8, 4) is 0 Å². The molecular weight excluding hydrogens is 283 g/mol. The zero-order chi connectivity index (χ0) is 14.2. The highest BCUT2D eigenvalue weighted by Gasteiger charge is 2.38. The van der Waals surface area contributed by atoms with Gasteiger partial charge in [0.1, 0.15) is 0 Å². The van der Waals surface area contributed by atoms with Crippen molar-refractivity contribution in [1.29, 1.82) is 0 Å². The van der Waals surface area contributed by atoms with Crippen molar-refractivity contribution in [2.45, 2.75) is 19.0 Å². The first-order valence-electron chi connectivity index (χ1n) is 5.36. The molecule has 1 aliphatic rings. The van der Waals surface area contributed by atoms with E-state index in [-0.39, 0.29) is 4.88 Å². The molecule has 0 radical (unpaired) electrons. The first kappa shape index (κ1) is 14.0. The molecule has 1 aliphatic carbocycles. The van der Waals surface area contributed by atoms with Gasteiger partial charge in [0.15, 0.2) is 10.7 Å². The van der Waals surface area contributed by atoms with Crippen LogP contribution in [0.5, 0.6) is 0 Å². The topological polar surface area (TPSA) is 59.4 Å². The second-order valence-electron chi connectivity index (χ2n) is 4.01. The third kappa shape index (κ3) is 2.64. The van der Waals surface area contributed by atoms with Crippen molar-refractivity contribution in [2.75, 3.05) is 13.7 Å². The smallest absolute Gasteiger partial charge is 0.443 e. The number of hydrogen-bond donors (Lipinski definition) is 1. The predicted molar refractivity (Wildman–Crippen MR) is 62.1 cm³/mol. The summed E-state index contributed by atoms with van der Waals surface area (Å²) in [5.41, 5.74) is 0.926. The van der Waals surface area contributed by atoms with Crippen molar-refractivity contribution < 1.29 is 27.8 Å². The van der Waals surface area contributed by atoms with Crippen LogP contribution in [0.2, 0.25) is 0 Å². The van der Waals surface area contributed by atoms with Crippen LogP contribution < -0.4 is 0 Å². The van der Waals surface area contributed by atoms with Gasteiger partial charge < -0.3 is 9.84 Å². The third-order valence-electron chi connectivity index (χ3n) is 2.77. The predicted octanol–water partition coefficient (Wildman–Crippen LogP) is 3.05. The van der Waals surface area contributed by atoms with Crippen LogP contribution in [0.3, 0.4) is 0 Å². The second-order valence-corrected chi connectivity index (χ2v) is 5.01. The highest BCUT2D eigenvalue weighted by Crippen LogP contribution is 2.43. The van der Waals surface area contributed by atoms with Crippen molar-refractivity contribution in [3.05, 3.63) is 21.2 Å². The number of thiazole rings is 1. The van der Waals surface area contributed by atoms with Crippen LogP contribution >= 0.6 is 11.3 Å². The summed E-state index contributed by atoms with van der Waals surface area (Å²) in [6, 6.07) is 0. The second kappa shape index (κ2) is 4.93. The number of hydrogen-bond acceptors (Lipinski definition) is 4. The van der Waals surface area contributed by atoms with Crippen LogP contribution in [0.1, 0.15) is 33.2 Å². The van der Waals surface area contributed by atoms with Crippen LogP contribution in [0, 0.1) is 0 Å². The number of alkyl halides is 3. The zero-order valence-electron chi connectivity index (χ0n) is 9.87. The van der Waals surface area contributed by atoms with E-state index in [1.165, 1.54) is 7.11 Å². The molecule has 0 amide bonds. The minimum atomic E-state index is -4.63. The maximum Gasteiger partial charge on any atom is 0.443 e. The van der Waals surface area contributed by atoms with Crippen molar-refractivity contribution in [2.24, 2.45) is 0 Å². The number of carbonyl (C=O) groups is 1. The van der Waals surface area contributed by atoms with Gasteiger partial charge in [-0.1, -0.05) is 0 Å². The largest absolute Gasteiger partial charge is 0.476 e. The Balaban J connectivity index is 2.48. The maximum absolute atomic E-state index is 12.6. The summed E-state index contributed by atoms with van der Waals surface area (Å²) in [7, 11) is 1.48. The molecule has 2 rings (SSSR count). The van der Waals surface area contributed by atoms with E-state index in [0.717, 1.165) is 5.57 Å². The molecule has 8 heteroatoms. The van der Waals surface area contributed by atoms with Crippen molar-refractivity contribution in [1.82, 2.24) is 4.98 Å². The molecular formula is C11H10F3NO3S. The Morgan fingerprint density at radius 1 is 1.47 bits per heavy atom. The summed E-state index contributed by atoms with van der Waals surface area (Å²) in [6.45, 7) is 0.299. The highest BCUT2D eigenvalue weighted by atomic mass is 32.1. The van der Waals surface area contributed by atoms with Gasteiger partial charge in [-0.3, -0.25) is 0 Å². The first-order chi connectivity index (χ1) is 8.84. The molecule has 0 aromatic carbocycles. The van der Waals surface area contributed by atoms with Crippen LogP contribution in [0.15, 0.2) is 5.57 Å². The number of rotatable bonds is 4. The molecule has 1 aromatic rings. The lowest BCUT2D eigenvalue weighted by molar-refractivity contribution is -0.137. The standard InChI is InChI=1S/C11H10F3NO3S/c1-18-4-5-2-3-6(5)8-7(9(16)17)15-10(19-8)11(12,13)14/h2-4H2,1H3,(H,16,17). The molecule has 0 unspecified atom stereocenters. The molecule has 4 nitrogen and oxygen atoms in total. The minimum absolute atomic E-state index is 0.0955. The summed E-state index contributed by atoms with van der Waals surface area (Å²) in [4.78, 5) is 14.3. The van der Waals surface area contributed by atoms with Gasteiger partial charge in [-0.05, 0) is 24.0 Å². The fourth-order valence-corrected chi connectivity index (χ4v) is 2.87. The average Bonchev–Trinajstić information content (AvgIpc) is 2.68. The molecule has 0 saturated carbocycles. The van der Waals surface area contributed by atoms with E-state index in [2.05, 4.69) is 4.98 Å². The first-order valence-corrected chi connectivity index (χ1v) is 6.17. The summed E-state index contributed by atoms with van der Waals surface area (Å²) in [5.74, 6) is -1.45. The van der Waals surface area contributed by atoms with Gasteiger partial charge in [-0.15, -0.1) is 11.3 Å². The number of nitrogens with zero attached hydrogens (tertiary/aromatic N) is 1. The van der Waals surface area contributed by atoms with E-state index in [0.29, 0.717) is 36.4 Å². The van der Waals surface area contributed by atoms with Crippen LogP contribution in [-0.2, 0) is 10.9 Å². The molecule has 104 valence electrons. The van der Waals surface area contributed by atoms with Crippen LogP contribution in [0.4, 0.5) is 13.2 Å². The lowest BCUT2D eigenvalue weighted by atomic mass is 9.87. The van der Waals surface area contributed by atoms with E-state index in [9.17, 15) is 18.0 Å². The number of carboxylic acids is 1. The van der Waals surface area contributed by atoms with Gasteiger partial charge in [-0.25, -0.2) is 9.78 Å². The Morgan fingerprint density at radius 3 is 2.58 bits per heavy atom. The highest BCUT2D eigenvalue weighted by molar-refractivity contribution is 7.13. The monoisotopic (exact) mass is 293 g/mol. The molecule has 0 aliphatic heterocycles. The number of aromatic nitrogens is 1. The molecule has 1 aromatic heterocycles. The molecule has 0 atom stereocenters. The number of allylic oxidation sites excluding steroid dienone is 1. The number of aromatic carboxylic acids is 1. The van der Waals surface area contributed by atoms with Crippen LogP contribution in [-0.4, -0.2) is 29.8 Å². The van der Waals surface area contributed by atoms with E-state index < -0.39 is 22.8 Å². The minimum Gasteiger partial charge on any atom is -0.476 e. The average molecular weight is 293 g/mol. The Hall–Kier alpha value is -1.41. The fraction of sp³-hybridized carbons (Fsp3) is 0.455. The van der Waals surface area contributed by atoms with Crippen LogP contribution in [0.25, 0.3) is 5.57 Å². The summed E-state index contributed by atoms with van der Waals surface area (Å²) < 4.78 is 42.7. The van der Waals surface area contributed by atoms with E-state index in [1.807, 2.05) is 0 Å². The number of methoxy groups -OCH3 is 1. The number of carboxylic acid groups (broad SMARTS) is 1. The molecule has 0 spiro atoms. The Labute approximate surface area is 110 Å². The molecule has 1 N–H and O–H groups in total. The van der Waals surface area contributed by atoms with Crippen molar-refractivity contribution in [3.63, 3.8) is 0 Å². The summed E-state index contributed by atoms with van der Waals surface area (Å²) >= 11 is 0.378. The van der Waals surface area contributed by atoms with Gasteiger partial charge >= 0.3 is 12.1 Å². The van der Waals surface area contributed by atoms with Gasteiger partial charge in [0.05, 0.1) is 11.5 Å². The fourth-order valence-electron chi connectivity index (χ4n) is 1.83. The number of ether oxygens (including phenoxy) is 1. The normalized spacial score (nSPS) is 15.6.